The summed E-state index contributed by atoms with van der Waals surface area (Å²) in [5, 5.41) is 4.00. The third-order valence-electron chi connectivity index (χ3n) is 4.36. The first kappa shape index (κ1) is 22.6. The standard InChI is InChI=1S/C18H17Cl4N3O3S/c19-12-1-2-16(22)17(10-12)29(27,28)25-5-3-24(4-6-25)11-18(26)23-15-8-13(20)7-14(21)9-15/h1-2,7-10H,3-6,11H2,(H,23,26). The van der Waals surface area contributed by atoms with Crippen molar-refractivity contribution in [1.29, 1.82) is 0 Å². The molecule has 1 N–H and O–H groups in total. The van der Waals surface area contributed by atoms with Gasteiger partial charge in [0.25, 0.3) is 0 Å². The van der Waals surface area contributed by atoms with Crippen LogP contribution in [-0.2, 0) is 14.8 Å². The third kappa shape index (κ3) is 5.76. The Morgan fingerprint density at radius 1 is 0.897 bits per heavy atom. The molecule has 1 aliphatic heterocycles. The van der Waals surface area contributed by atoms with Gasteiger partial charge in [-0.05, 0) is 36.4 Å². The molecule has 156 valence electrons. The molecule has 2 aromatic carbocycles. The molecule has 0 unspecified atom stereocenters. The third-order valence-corrected chi connectivity index (χ3v) is 7.41. The maximum absolute atomic E-state index is 12.9. The van der Waals surface area contributed by atoms with Crippen LogP contribution in [0, 0.1) is 0 Å². The van der Waals surface area contributed by atoms with E-state index in [1.165, 1.54) is 22.5 Å². The van der Waals surface area contributed by atoms with Crippen molar-refractivity contribution in [3.05, 3.63) is 56.5 Å². The Kier molecular flexibility index (Phi) is 7.32. The van der Waals surface area contributed by atoms with E-state index in [4.69, 9.17) is 46.4 Å². The Hall–Kier alpha value is -1.06. The average Bonchev–Trinajstić information content (AvgIpc) is 2.63. The first-order valence-electron chi connectivity index (χ1n) is 8.58. The van der Waals surface area contributed by atoms with Crippen LogP contribution in [0.4, 0.5) is 5.69 Å². The van der Waals surface area contributed by atoms with Crippen LogP contribution < -0.4 is 5.32 Å². The summed E-state index contributed by atoms with van der Waals surface area (Å²) in [5.41, 5.74) is 0.504. The number of hydrogen-bond acceptors (Lipinski definition) is 4. The minimum absolute atomic E-state index is 0.0179. The van der Waals surface area contributed by atoms with Crippen molar-refractivity contribution in [2.24, 2.45) is 0 Å². The topological polar surface area (TPSA) is 69.7 Å². The highest BCUT2D eigenvalue weighted by molar-refractivity contribution is 7.89. The lowest BCUT2D eigenvalue weighted by atomic mass is 10.3. The van der Waals surface area contributed by atoms with Gasteiger partial charge < -0.3 is 5.32 Å². The van der Waals surface area contributed by atoms with Crippen LogP contribution in [0.2, 0.25) is 20.1 Å². The van der Waals surface area contributed by atoms with E-state index in [0.717, 1.165) is 0 Å². The van der Waals surface area contributed by atoms with Crippen molar-refractivity contribution >= 4 is 68.0 Å². The molecule has 2 aromatic rings. The van der Waals surface area contributed by atoms with Crippen LogP contribution in [0.5, 0.6) is 0 Å². The molecule has 1 saturated heterocycles. The second kappa shape index (κ2) is 9.39. The lowest BCUT2D eigenvalue weighted by Gasteiger charge is -2.33. The van der Waals surface area contributed by atoms with E-state index in [2.05, 4.69) is 5.32 Å². The summed E-state index contributed by atoms with van der Waals surface area (Å²) in [6, 6.07) is 9.11. The molecule has 0 aromatic heterocycles. The number of rotatable bonds is 5. The fourth-order valence-electron chi connectivity index (χ4n) is 2.97. The molecule has 29 heavy (non-hydrogen) atoms. The number of piperazine rings is 1. The summed E-state index contributed by atoms with van der Waals surface area (Å²) < 4.78 is 27.1. The summed E-state index contributed by atoms with van der Waals surface area (Å²) in [6.45, 7) is 1.40. The number of amides is 1. The Morgan fingerprint density at radius 3 is 2.14 bits per heavy atom. The fraction of sp³-hybridized carbons (Fsp3) is 0.278. The first-order chi connectivity index (χ1) is 13.6. The maximum atomic E-state index is 12.9. The van der Waals surface area contributed by atoms with Gasteiger partial charge in [0.1, 0.15) is 4.90 Å². The molecule has 11 heteroatoms. The van der Waals surface area contributed by atoms with Gasteiger partial charge in [0, 0.05) is 46.9 Å². The highest BCUT2D eigenvalue weighted by atomic mass is 35.5. The highest BCUT2D eigenvalue weighted by Crippen LogP contribution is 2.28. The molecule has 0 atom stereocenters. The van der Waals surface area contributed by atoms with E-state index in [9.17, 15) is 13.2 Å². The van der Waals surface area contributed by atoms with Crippen LogP contribution in [0.15, 0.2) is 41.3 Å². The molecule has 0 aliphatic carbocycles. The Labute approximate surface area is 189 Å². The average molecular weight is 497 g/mol. The van der Waals surface area contributed by atoms with Crippen LogP contribution in [0.1, 0.15) is 0 Å². The van der Waals surface area contributed by atoms with Gasteiger partial charge in [-0.1, -0.05) is 46.4 Å². The lowest BCUT2D eigenvalue weighted by Crippen LogP contribution is -2.50. The van der Waals surface area contributed by atoms with Crippen LogP contribution >= 0.6 is 46.4 Å². The van der Waals surface area contributed by atoms with E-state index >= 15 is 0 Å². The predicted octanol–water partition coefficient (Wildman–Crippen LogP) is 4.25. The number of anilines is 1. The predicted molar refractivity (Wildman–Crippen MR) is 117 cm³/mol. The number of hydrogen-bond donors (Lipinski definition) is 1. The van der Waals surface area contributed by atoms with Gasteiger partial charge >= 0.3 is 0 Å². The number of halogens is 4. The smallest absolute Gasteiger partial charge is 0.244 e. The lowest BCUT2D eigenvalue weighted by molar-refractivity contribution is -0.117. The summed E-state index contributed by atoms with van der Waals surface area (Å²) in [7, 11) is -3.76. The van der Waals surface area contributed by atoms with Gasteiger partial charge in [0.15, 0.2) is 0 Å². The zero-order chi connectivity index (χ0) is 21.2. The minimum Gasteiger partial charge on any atom is -0.325 e. The number of sulfonamides is 1. The van der Waals surface area contributed by atoms with E-state index in [-0.39, 0.29) is 35.5 Å². The van der Waals surface area contributed by atoms with Crippen molar-refractivity contribution in [3.8, 4) is 0 Å². The zero-order valence-electron chi connectivity index (χ0n) is 15.0. The number of benzene rings is 2. The van der Waals surface area contributed by atoms with Gasteiger partial charge in [0.05, 0.1) is 11.6 Å². The molecule has 1 amide bonds. The van der Waals surface area contributed by atoms with E-state index < -0.39 is 10.0 Å². The second-order valence-electron chi connectivity index (χ2n) is 6.46. The van der Waals surface area contributed by atoms with Gasteiger partial charge in [-0.3, -0.25) is 9.69 Å². The quantitative estimate of drug-likeness (QED) is 0.671. The summed E-state index contributed by atoms with van der Waals surface area (Å²) >= 11 is 23.8. The number of carbonyl (C=O) groups excluding carboxylic acids is 1. The number of nitrogens with one attached hydrogen (secondary N) is 1. The van der Waals surface area contributed by atoms with Crippen LogP contribution in [0.25, 0.3) is 0 Å². The molecule has 0 bridgehead atoms. The molecule has 0 radical (unpaired) electrons. The summed E-state index contributed by atoms with van der Waals surface area (Å²) in [4.78, 5) is 14.1. The van der Waals surface area contributed by atoms with E-state index in [1.807, 2.05) is 4.90 Å². The highest BCUT2D eigenvalue weighted by Gasteiger charge is 2.30. The van der Waals surface area contributed by atoms with Crippen molar-refractivity contribution in [1.82, 2.24) is 9.21 Å². The van der Waals surface area contributed by atoms with Gasteiger partial charge in [-0.2, -0.15) is 4.31 Å². The summed E-state index contributed by atoms with van der Waals surface area (Å²) in [6.07, 6.45) is 0. The number of carbonyl (C=O) groups is 1. The molecule has 0 spiro atoms. The van der Waals surface area contributed by atoms with Crippen molar-refractivity contribution in [2.75, 3.05) is 38.0 Å². The Balaban J connectivity index is 1.58. The minimum atomic E-state index is -3.76. The van der Waals surface area contributed by atoms with Crippen LogP contribution in [0.3, 0.4) is 0 Å². The molecular weight excluding hydrogens is 480 g/mol. The first-order valence-corrected chi connectivity index (χ1v) is 11.5. The molecule has 0 saturated carbocycles. The van der Waals surface area contributed by atoms with Crippen molar-refractivity contribution < 1.29 is 13.2 Å². The van der Waals surface area contributed by atoms with Gasteiger partial charge in [-0.15, -0.1) is 0 Å². The van der Waals surface area contributed by atoms with E-state index in [0.29, 0.717) is 33.8 Å². The zero-order valence-corrected chi connectivity index (χ0v) is 18.9. The van der Waals surface area contributed by atoms with Gasteiger partial charge in [0.2, 0.25) is 15.9 Å². The Bertz CT molecular complexity index is 1000. The van der Waals surface area contributed by atoms with E-state index in [1.54, 1.807) is 18.2 Å². The molecular formula is C18H17Cl4N3O3S. The normalized spacial score (nSPS) is 16.0. The molecule has 1 heterocycles. The Morgan fingerprint density at radius 2 is 1.52 bits per heavy atom. The fourth-order valence-corrected chi connectivity index (χ4v) is 5.66. The SMILES string of the molecule is O=C(CN1CCN(S(=O)(=O)c2cc(Cl)ccc2Cl)CC1)Nc1cc(Cl)cc(Cl)c1. The monoisotopic (exact) mass is 495 g/mol. The summed E-state index contributed by atoms with van der Waals surface area (Å²) in [5.74, 6) is -0.238. The van der Waals surface area contributed by atoms with Crippen LogP contribution in [-0.4, -0.2) is 56.3 Å². The molecule has 1 aliphatic rings. The van der Waals surface area contributed by atoms with Crippen molar-refractivity contribution in [3.63, 3.8) is 0 Å². The molecule has 1 fully saturated rings. The largest absolute Gasteiger partial charge is 0.325 e. The second-order valence-corrected chi connectivity index (χ2v) is 10.1. The number of nitrogens with zero attached hydrogens (tertiary/aromatic N) is 2. The van der Waals surface area contributed by atoms with Crippen molar-refractivity contribution in [2.45, 2.75) is 4.90 Å². The van der Waals surface area contributed by atoms with Gasteiger partial charge in [-0.25, -0.2) is 8.42 Å². The molecule has 6 nitrogen and oxygen atoms in total. The maximum Gasteiger partial charge on any atom is 0.244 e. The molecule has 3 rings (SSSR count).